The van der Waals surface area contributed by atoms with Crippen molar-refractivity contribution in [3.63, 3.8) is 0 Å². The number of hydrogen-bond donors (Lipinski definition) is 1. The minimum atomic E-state index is -0.440. The molecular formula is C18H17NOS. The lowest BCUT2D eigenvalue weighted by Crippen LogP contribution is -2.15. The van der Waals surface area contributed by atoms with Crippen LogP contribution in [0.1, 0.15) is 40.9 Å². The highest BCUT2D eigenvalue weighted by Crippen LogP contribution is 2.43. The van der Waals surface area contributed by atoms with Crippen LogP contribution in [0.4, 0.5) is 0 Å². The van der Waals surface area contributed by atoms with Crippen LogP contribution in [-0.4, -0.2) is 10.1 Å². The van der Waals surface area contributed by atoms with E-state index in [2.05, 4.69) is 22.5 Å². The van der Waals surface area contributed by atoms with E-state index in [1.807, 2.05) is 35.7 Å². The summed E-state index contributed by atoms with van der Waals surface area (Å²) < 4.78 is 0. The Morgan fingerprint density at radius 2 is 2.19 bits per heavy atom. The minimum absolute atomic E-state index is 0.221. The summed E-state index contributed by atoms with van der Waals surface area (Å²) in [5.74, 6) is 0.221. The molecule has 0 radical (unpaired) electrons. The van der Waals surface area contributed by atoms with Gasteiger partial charge in [-0.3, -0.25) is 4.98 Å². The number of aryl methyl sites for hydroxylation is 1. The zero-order valence-electron chi connectivity index (χ0n) is 11.7. The van der Waals surface area contributed by atoms with Crippen molar-refractivity contribution >= 4 is 22.1 Å². The van der Waals surface area contributed by atoms with Gasteiger partial charge in [0.05, 0.1) is 6.10 Å². The van der Waals surface area contributed by atoms with Crippen molar-refractivity contribution in [2.45, 2.75) is 31.3 Å². The quantitative estimate of drug-likeness (QED) is 0.757. The molecule has 0 amide bonds. The fourth-order valence-corrected chi connectivity index (χ4v) is 4.47. The predicted molar refractivity (Wildman–Crippen MR) is 86.7 cm³/mol. The third-order valence-electron chi connectivity index (χ3n) is 4.51. The predicted octanol–water partition coefficient (Wildman–Crippen LogP) is 4.45. The monoisotopic (exact) mass is 295 g/mol. The number of nitrogens with zero attached hydrogens (tertiary/aromatic N) is 1. The van der Waals surface area contributed by atoms with Gasteiger partial charge in [0.25, 0.3) is 0 Å². The topological polar surface area (TPSA) is 33.1 Å². The number of rotatable bonds is 2. The summed E-state index contributed by atoms with van der Waals surface area (Å²) in [6.07, 6.45) is 6.62. The molecule has 4 rings (SSSR count). The molecule has 21 heavy (non-hydrogen) atoms. The number of benzene rings is 1. The first kappa shape index (κ1) is 13.0. The van der Waals surface area contributed by atoms with Crippen LogP contribution in [-0.2, 0) is 6.42 Å². The first-order chi connectivity index (χ1) is 10.3. The van der Waals surface area contributed by atoms with Crippen LogP contribution < -0.4 is 0 Å². The van der Waals surface area contributed by atoms with Gasteiger partial charge in [0.2, 0.25) is 0 Å². The number of hydrogen-bond acceptors (Lipinski definition) is 3. The van der Waals surface area contributed by atoms with Crippen LogP contribution >= 0.6 is 11.3 Å². The van der Waals surface area contributed by atoms with E-state index in [1.54, 1.807) is 6.20 Å². The zero-order chi connectivity index (χ0) is 14.2. The van der Waals surface area contributed by atoms with Crippen molar-refractivity contribution < 1.29 is 5.11 Å². The highest BCUT2D eigenvalue weighted by molar-refractivity contribution is 7.10. The molecule has 2 atom stereocenters. The second-order valence-corrected chi connectivity index (χ2v) is 6.69. The Labute approximate surface area is 128 Å². The molecule has 2 nitrogen and oxygen atoms in total. The van der Waals surface area contributed by atoms with Crippen LogP contribution in [0.2, 0.25) is 0 Å². The van der Waals surface area contributed by atoms with Gasteiger partial charge in [-0.15, -0.1) is 11.3 Å². The molecule has 3 heteroatoms. The van der Waals surface area contributed by atoms with Crippen molar-refractivity contribution in [1.29, 1.82) is 0 Å². The molecule has 0 saturated carbocycles. The molecule has 2 heterocycles. The highest BCUT2D eigenvalue weighted by atomic mass is 32.1. The smallest absolute Gasteiger partial charge is 0.0864 e. The van der Waals surface area contributed by atoms with E-state index in [4.69, 9.17) is 0 Å². The fraction of sp³-hybridized carbons (Fsp3) is 0.278. The molecule has 1 aliphatic rings. The first-order valence-corrected chi connectivity index (χ1v) is 8.29. The average molecular weight is 295 g/mol. The molecular weight excluding hydrogens is 278 g/mol. The Hall–Kier alpha value is -1.71. The summed E-state index contributed by atoms with van der Waals surface area (Å²) in [7, 11) is 0. The summed E-state index contributed by atoms with van der Waals surface area (Å²) >= 11 is 1.82. The maximum atomic E-state index is 11.0. The van der Waals surface area contributed by atoms with Gasteiger partial charge >= 0.3 is 0 Å². The summed E-state index contributed by atoms with van der Waals surface area (Å²) in [6, 6.07) is 10.3. The van der Waals surface area contributed by atoms with Crippen LogP contribution in [0.5, 0.6) is 0 Å². The molecule has 0 fully saturated rings. The Morgan fingerprint density at radius 1 is 1.24 bits per heavy atom. The third-order valence-corrected chi connectivity index (χ3v) is 5.51. The van der Waals surface area contributed by atoms with Gasteiger partial charge in [-0.25, -0.2) is 0 Å². The number of fused-ring (bicyclic) bond motifs is 2. The SMILES string of the molecule is OC(c1cccc2cnccc12)C1CCCc2sccc21. The highest BCUT2D eigenvalue weighted by Gasteiger charge is 2.29. The number of aliphatic hydroxyl groups excluding tert-OH is 1. The Balaban J connectivity index is 1.80. The van der Waals surface area contributed by atoms with Crippen molar-refractivity contribution in [2.75, 3.05) is 0 Å². The fourth-order valence-electron chi connectivity index (χ4n) is 3.47. The van der Waals surface area contributed by atoms with E-state index in [0.29, 0.717) is 0 Å². The standard InChI is InChI=1S/C18H17NOS/c20-18(16-5-2-6-17-14(16)8-10-21-17)15-4-1-3-12-11-19-9-7-13(12)15/h1,3-4,7-11,16,18,20H,2,5-6H2. The van der Waals surface area contributed by atoms with E-state index in [0.717, 1.165) is 29.2 Å². The molecule has 0 saturated heterocycles. The van der Waals surface area contributed by atoms with Crippen molar-refractivity contribution in [1.82, 2.24) is 4.98 Å². The summed E-state index contributed by atoms with van der Waals surface area (Å²) in [4.78, 5) is 5.62. The maximum absolute atomic E-state index is 11.0. The van der Waals surface area contributed by atoms with Gasteiger partial charge in [0.1, 0.15) is 0 Å². The van der Waals surface area contributed by atoms with Gasteiger partial charge in [0.15, 0.2) is 0 Å². The van der Waals surface area contributed by atoms with Gasteiger partial charge < -0.3 is 5.11 Å². The van der Waals surface area contributed by atoms with Gasteiger partial charge in [0, 0.05) is 28.6 Å². The lowest BCUT2D eigenvalue weighted by Gasteiger charge is -2.28. The van der Waals surface area contributed by atoms with Crippen molar-refractivity contribution in [3.8, 4) is 0 Å². The maximum Gasteiger partial charge on any atom is 0.0864 e. The van der Waals surface area contributed by atoms with Crippen LogP contribution in [0, 0.1) is 0 Å². The van der Waals surface area contributed by atoms with Gasteiger partial charge in [-0.2, -0.15) is 0 Å². The van der Waals surface area contributed by atoms with E-state index < -0.39 is 6.10 Å². The number of pyridine rings is 1. The van der Waals surface area contributed by atoms with Crippen LogP contribution in [0.25, 0.3) is 10.8 Å². The van der Waals surface area contributed by atoms with Crippen molar-refractivity contribution in [3.05, 3.63) is 64.1 Å². The van der Waals surface area contributed by atoms with Gasteiger partial charge in [-0.05, 0) is 53.3 Å². The second kappa shape index (κ2) is 5.24. The Morgan fingerprint density at radius 3 is 3.14 bits per heavy atom. The Kier molecular flexibility index (Phi) is 3.24. The molecule has 2 unspecified atom stereocenters. The molecule has 106 valence electrons. The largest absolute Gasteiger partial charge is 0.388 e. The molecule has 1 aromatic carbocycles. The van der Waals surface area contributed by atoms with Crippen LogP contribution in [0.15, 0.2) is 48.1 Å². The molecule has 3 aromatic rings. The first-order valence-electron chi connectivity index (χ1n) is 7.41. The van der Waals surface area contributed by atoms with E-state index >= 15 is 0 Å². The number of thiophene rings is 1. The average Bonchev–Trinajstić information content (AvgIpc) is 3.02. The van der Waals surface area contributed by atoms with Crippen molar-refractivity contribution in [2.24, 2.45) is 0 Å². The molecule has 2 aromatic heterocycles. The summed E-state index contributed by atoms with van der Waals surface area (Å²) in [6.45, 7) is 0. The molecule has 0 aliphatic heterocycles. The Bertz CT molecular complexity index is 774. The summed E-state index contributed by atoms with van der Waals surface area (Å²) in [5.41, 5.74) is 2.38. The molecule has 0 spiro atoms. The zero-order valence-corrected chi connectivity index (χ0v) is 12.5. The lowest BCUT2D eigenvalue weighted by atomic mass is 9.80. The second-order valence-electron chi connectivity index (χ2n) is 5.69. The van der Waals surface area contributed by atoms with E-state index in [-0.39, 0.29) is 5.92 Å². The lowest BCUT2D eigenvalue weighted by molar-refractivity contribution is 0.138. The number of aromatic nitrogens is 1. The molecule has 0 bridgehead atoms. The normalized spacial score (nSPS) is 19.4. The summed E-state index contributed by atoms with van der Waals surface area (Å²) in [5, 5.41) is 15.4. The third kappa shape index (κ3) is 2.17. The number of aliphatic hydroxyl groups is 1. The van der Waals surface area contributed by atoms with Crippen LogP contribution in [0.3, 0.4) is 0 Å². The van der Waals surface area contributed by atoms with Gasteiger partial charge in [-0.1, -0.05) is 18.2 Å². The van der Waals surface area contributed by atoms with E-state index in [1.165, 1.54) is 16.9 Å². The minimum Gasteiger partial charge on any atom is -0.388 e. The molecule has 1 aliphatic carbocycles. The van der Waals surface area contributed by atoms with E-state index in [9.17, 15) is 5.11 Å². The molecule has 1 N–H and O–H groups in total.